The van der Waals surface area contributed by atoms with Crippen LogP contribution in [0.3, 0.4) is 0 Å². The summed E-state index contributed by atoms with van der Waals surface area (Å²) in [5.74, 6) is 0.801. The first-order valence-electron chi connectivity index (χ1n) is 7.33. The highest BCUT2D eigenvalue weighted by molar-refractivity contribution is 5.92. The zero-order valence-corrected chi connectivity index (χ0v) is 11.2. The van der Waals surface area contributed by atoms with Gasteiger partial charge in [0.25, 0.3) is 0 Å². The van der Waals surface area contributed by atoms with Crippen LogP contribution in [0, 0.1) is 5.92 Å². The standard InChI is InChI=1S/C16H21NO2/c18-15(9-11-3-1-4-11)13-7-8-14-12(10-13)5-2-6-16(19)17-14/h7-8,10-11,15,18H,1-6,9H2,(H,17,19). The summed E-state index contributed by atoms with van der Waals surface area (Å²) in [7, 11) is 0. The van der Waals surface area contributed by atoms with Crippen LogP contribution in [0.2, 0.25) is 0 Å². The van der Waals surface area contributed by atoms with E-state index in [-0.39, 0.29) is 12.0 Å². The van der Waals surface area contributed by atoms with E-state index in [1.807, 2.05) is 12.1 Å². The lowest BCUT2D eigenvalue weighted by Gasteiger charge is -2.27. The zero-order valence-electron chi connectivity index (χ0n) is 11.2. The number of nitrogens with one attached hydrogen (secondary N) is 1. The number of amides is 1. The molecule has 0 spiro atoms. The Morgan fingerprint density at radius 3 is 2.84 bits per heavy atom. The van der Waals surface area contributed by atoms with Crippen molar-refractivity contribution in [3.05, 3.63) is 29.3 Å². The molecule has 1 atom stereocenters. The quantitative estimate of drug-likeness (QED) is 0.876. The molecule has 3 heteroatoms. The van der Waals surface area contributed by atoms with Crippen molar-refractivity contribution in [1.82, 2.24) is 0 Å². The Bertz CT molecular complexity index is 480. The highest BCUT2D eigenvalue weighted by atomic mass is 16.3. The van der Waals surface area contributed by atoms with Gasteiger partial charge in [-0.25, -0.2) is 0 Å². The number of carbonyl (C=O) groups excluding carboxylic acids is 1. The second-order valence-corrected chi connectivity index (χ2v) is 5.87. The molecule has 2 aliphatic rings. The molecule has 1 unspecified atom stereocenters. The summed E-state index contributed by atoms with van der Waals surface area (Å²) in [6, 6.07) is 5.97. The fourth-order valence-electron chi connectivity index (χ4n) is 2.98. The van der Waals surface area contributed by atoms with E-state index >= 15 is 0 Å². The first-order chi connectivity index (χ1) is 9.22. The first kappa shape index (κ1) is 12.7. The van der Waals surface area contributed by atoms with Crippen LogP contribution in [-0.4, -0.2) is 11.0 Å². The Morgan fingerprint density at radius 2 is 2.11 bits per heavy atom. The molecule has 1 aromatic rings. The maximum Gasteiger partial charge on any atom is 0.224 e. The van der Waals surface area contributed by atoms with Crippen molar-refractivity contribution in [3.8, 4) is 0 Å². The van der Waals surface area contributed by atoms with Crippen molar-refractivity contribution in [1.29, 1.82) is 0 Å². The van der Waals surface area contributed by atoms with Gasteiger partial charge in [0.15, 0.2) is 0 Å². The minimum absolute atomic E-state index is 0.0986. The van der Waals surface area contributed by atoms with Gasteiger partial charge in [-0.15, -0.1) is 0 Å². The Labute approximate surface area is 114 Å². The molecule has 1 amide bonds. The molecule has 19 heavy (non-hydrogen) atoms. The van der Waals surface area contributed by atoms with Crippen molar-refractivity contribution in [2.45, 2.75) is 51.0 Å². The van der Waals surface area contributed by atoms with Gasteiger partial charge < -0.3 is 10.4 Å². The fourth-order valence-corrected chi connectivity index (χ4v) is 2.98. The molecule has 1 fully saturated rings. The van der Waals surface area contributed by atoms with Crippen LogP contribution in [0.5, 0.6) is 0 Å². The molecule has 1 saturated carbocycles. The van der Waals surface area contributed by atoms with Gasteiger partial charge in [-0.3, -0.25) is 4.79 Å². The number of aliphatic hydroxyl groups excluding tert-OH is 1. The average molecular weight is 259 g/mol. The number of carbonyl (C=O) groups is 1. The van der Waals surface area contributed by atoms with Crippen molar-refractivity contribution in [2.75, 3.05) is 5.32 Å². The molecular formula is C16H21NO2. The lowest BCUT2D eigenvalue weighted by molar-refractivity contribution is -0.116. The molecule has 1 aliphatic heterocycles. The van der Waals surface area contributed by atoms with E-state index in [0.29, 0.717) is 12.3 Å². The van der Waals surface area contributed by atoms with E-state index in [0.717, 1.165) is 36.1 Å². The number of fused-ring (bicyclic) bond motifs is 1. The second-order valence-electron chi connectivity index (χ2n) is 5.87. The van der Waals surface area contributed by atoms with E-state index in [9.17, 15) is 9.90 Å². The second kappa shape index (κ2) is 5.33. The number of hydrogen-bond donors (Lipinski definition) is 2. The summed E-state index contributed by atoms with van der Waals surface area (Å²) < 4.78 is 0. The third-order valence-electron chi connectivity index (χ3n) is 4.42. The van der Waals surface area contributed by atoms with Crippen molar-refractivity contribution < 1.29 is 9.90 Å². The van der Waals surface area contributed by atoms with Crippen LogP contribution in [0.4, 0.5) is 5.69 Å². The van der Waals surface area contributed by atoms with Gasteiger partial charge in [-0.05, 0) is 42.4 Å². The number of benzene rings is 1. The lowest BCUT2D eigenvalue weighted by atomic mass is 9.80. The highest BCUT2D eigenvalue weighted by Crippen LogP contribution is 2.35. The number of anilines is 1. The highest BCUT2D eigenvalue weighted by Gasteiger charge is 2.22. The number of aryl methyl sites for hydroxylation is 1. The summed E-state index contributed by atoms with van der Waals surface area (Å²) in [5.41, 5.74) is 3.08. The van der Waals surface area contributed by atoms with Crippen molar-refractivity contribution >= 4 is 11.6 Å². The van der Waals surface area contributed by atoms with Gasteiger partial charge in [0.05, 0.1) is 6.10 Å². The molecule has 0 saturated heterocycles. The number of aliphatic hydroxyl groups is 1. The molecule has 1 aliphatic carbocycles. The Hall–Kier alpha value is -1.35. The summed E-state index contributed by atoms with van der Waals surface area (Å²) in [6.45, 7) is 0. The van der Waals surface area contributed by atoms with E-state index in [4.69, 9.17) is 0 Å². The van der Waals surface area contributed by atoms with Gasteiger partial charge in [-0.1, -0.05) is 31.4 Å². The lowest BCUT2D eigenvalue weighted by Crippen LogP contribution is -2.15. The molecule has 0 radical (unpaired) electrons. The average Bonchev–Trinajstić information content (AvgIpc) is 2.53. The Balaban J connectivity index is 1.76. The molecule has 102 valence electrons. The van der Waals surface area contributed by atoms with E-state index in [2.05, 4.69) is 11.4 Å². The molecule has 0 bridgehead atoms. The molecule has 0 aromatic heterocycles. The molecule has 1 aromatic carbocycles. The van der Waals surface area contributed by atoms with E-state index < -0.39 is 0 Å². The largest absolute Gasteiger partial charge is 0.388 e. The monoisotopic (exact) mass is 259 g/mol. The van der Waals surface area contributed by atoms with Crippen molar-refractivity contribution in [2.24, 2.45) is 5.92 Å². The zero-order chi connectivity index (χ0) is 13.2. The van der Waals surface area contributed by atoms with E-state index in [1.54, 1.807) is 0 Å². The van der Waals surface area contributed by atoms with Crippen molar-refractivity contribution in [3.63, 3.8) is 0 Å². The summed E-state index contributed by atoms with van der Waals surface area (Å²) in [4.78, 5) is 11.5. The maximum absolute atomic E-state index is 11.5. The predicted octanol–water partition coefficient (Wildman–Crippen LogP) is 3.19. The third-order valence-corrected chi connectivity index (χ3v) is 4.42. The Kier molecular flexibility index (Phi) is 3.56. The molecule has 1 heterocycles. The van der Waals surface area contributed by atoms with Gasteiger partial charge in [0.1, 0.15) is 0 Å². The van der Waals surface area contributed by atoms with Crippen LogP contribution in [0.15, 0.2) is 18.2 Å². The van der Waals surface area contributed by atoms with Crippen LogP contribution in [0.25, 0.3) is 0 Å². The van der Waals surface area contributed by atoms with Gasteiger partial charge in [-0.2, -0.15) is 0 Å². The van der Waals surface area contributed by atoms with E-state index in [1.165, 1.54) is 19.3 Å². The number of rotatable bonds is 3. The van der Waals surface area contributed by atoms with Crippen LogP contribution < -0.4 is 5.32 Å². The molecule has 3 rings (SSSR count). The van der Waals surface area contributed by atoms with Gasteiger partial charge >= 0.3 is 0 Å². The Morgan fingerprint density at radius 1 is 1.26 bits per heavy atom. The molecule has 3 nitrogen and oxygen atoms in total. The van der Waals surface area contributed by atoms with Crippen LogP contribution in [0.1, 0.15) is 55.8 Å². The first-order valence-corrected chi connectivity index (χ1v) is 7.33. The fraction of sp³-hybridized carbons (Fsp3) is 0.562. The minimum atomic E-state index is -0.352. The topological polar surface area (TPSA) is 49.3 Å². The molecular weight excluding hydrogens is 238 g/mol. The van der Waals surface area contributed by atoms with Gasteiger partial charge in [0, 0.05) is 12.1 Å². The van der Waals surface area contributed by atoms with Crippen LogP contribution in [-0.2, 0) is 11.2 Å². The third kappa shape index (κ3) is 2.81. The summed E-state index contributed by atoms with van der Waals surface area (Å²) in [6.07, 6.45) is 6.76. The summed E-state index contributed by atoms with van der Waals surface area (Å²) in [5, 5.41) is 13.2. The smallest absolute Gasteiger partial charge is 0.224 e. The SMILES string of the molecule is O=C1CCCc2cc(C(O)CC3CCC3)ccc2N1. The normalized spacial score (nSPS) is 21.0. The number of hydrogen-bond acceptors (Lipinski definition) is 2. The summed E-state index contributed by atoms with van der Waals surface area (Å²) >= 11 is 0. The predicted molar refractivity (Wildman–Crippen MR) is 74.9 cm³/mol. The van der Waals surface area contributed by atoms with Crippen LogP contribution >= 0.6 is 0 Å². The molecule has 2 N–H and O–H groups in total. The maximum atomic E-state index is 11.5. The minimum Gasteiger partial charge on any atom is -0.388 e. The van der Waals surface area contributed by atoms with Gasteiger partial charge in [0.2, 0.25) is 5.91 Å².